The smallest absolute Gasteiger partial charge is 0.119 e. The van der Waals surface area contributed by atoms with Crippen LogP contribution in [0.25, 0.3) is 0 Å². The molecule has 1 unspecified atom stereocenters. The fourth-order valence-electron chi connectivity index (χ4n) is 4.26. The Hall–Kier alpha value is -1.28. The molecule has 0 aromatic heterocycles. The van der Waals surface area contributed by atoms with Crippen molar-refractivity contribution in [1.82, 2.24) is 5.32 Å². The summed E-state index contributed by atoms with van der Waals surface area (Å²) in [6.45, 7) is 0. The van der Waals surface area contributed by atoms with Crippen LogP contribution in [0.4, 0.5) is 0 Å². The summed E-state index contributed by atoms with van der Waals surface area (Å²) in [5.41, 5.74) is 4.93. The third-order valence-electron chi connectivity index (χ3n) is 5.66. The number of hydrogen-bond acceptors (Lipinski definition) is 2. The van der Waals surface area contributed by atoms with Crippen LogP contribution in [0.1, 0.15) is 63.0 Å². The van der Waals surface area contributed by atoms with E-state index >= 15 is 0 Å². The predicted octanol–water partition coefficient (Wildman–Crippen LogP) is 4.77. The van der Waals surface area contributed by atoms with Gasteiger partial charge >= 0.3 is 0 Å². The summed E-state index contributed by atoms with van der Waals surface area (Å²) in [5.74, 6) is 1.96. The van der Waals surface area contributed by atoms with Crippen LogP contribution < -0.4 is 10.1 Å². The molecule has 2 aliphatic carbocycles. The minimum absolute atomic E-state index is 0.468. The monoisotopic (exact) mass is 297 g/mol. The summed E-state index contributed by atoms with van der Waals surface area (Å²) in [7, 11) is 1.76. The summed E-state index contributed by atoms with van der Waals surface area (Å²) >= 11 is 0. The van der Waals surface area contributed by atoms with Crippen LogP contribution in [0.2, 0.25) is 0 Å². The molecule has 1 N–H and O–H groups in total. The highest BCUT2D eigenvalue weighted by Crippen LogP contribution is 2.43. The summed E-state index contributed by atoms with van der Waals surface area (Å²) in [5, 5.41) is 3.98. The Balaban J connectivity index is 1.60. The van der Waals surface area contributed by atoms with Crippen molar-refractivity contribution in [2.24, 2.45) is 5.92 Å². The van der Waals surface area contributed by atoms with Gasteiger partial charge in [0.05, 0.1) is 7.11 Å². The van der Waals surface area contributed by atoms with E-state index in [0.29, 0.717) is 12.1 Å². The normalized spacial score (nSPS) is 28.4. The molecule has 0 bridgehead atoms. The van der Waals surface area contributed by atoms with Gasteiger partial charge < -0.3 is 10.1 Å². The molecule has 2 atom stereocenters. The van der Waals surface area contributed by atoms with E-state index < -0.39 is 0 Å². The zero-order valence-electron chi connectivity index (χ0n) is 13.6. The molecule has 1 fully saturated rings. The highest BCUT2D eigenvalue weighted by molar-refractivity contribution is 5.35. The van der Waals surface area contributed by atoms with Crippen LogP contribution in [0, 0.1) is 5.92 Å². The van der Waals surface area contributed by atoms with Gasteiger partial charge in [-0.3, -0.25) is 0 Å². The number of ether oxygens (including phenoxy) is 1. The number of hydrogen-bond donors (Lipinski definition) is 1. The molecule has 1 heterocycles. The number of benzene rings is 1. The maximum absolute atomic E-state index is 5.41. The van der Waals surface area contributed by atoms with Crippen molar-refractivity contribution in [2.75, 3.05) is 7.11 Å². The minimum atomic E-state index is 0.468. The number of nitrogens with one attached hydrogen (secondary N) is 1. The first-order valence-corrected chi connectivity index (χ1v) is 8.94. The molecular formula is C20H27NO. The maximum atomic E-state index is 5.41. The first kappa shape index (κ1) is 14.3. The summed E-state index contributed by atoms with van der Waals surface area (Å²) < 4.78 is 5.41. The van der Waals surface area contributed by atoms with Gasteiger partial charge in [0.25, 0.3) is 0 Å². The molecule has 1 aromatic carbocycles. The molecule has 2 nitrogen and oxygen atoms in total. The third kappa shape index (κ3) is 2.94. The number of rotatable bonds is 4. The quantitative estimate of drug-likeness (QED) is 0.808. The van der Waals surface area contributed by atoms with Gasteiger partial charge in [-0.1, -0.05) is 36.1 Å². The average Bonchev–Trinajstić information content (AvgIpc) is 3.39. The maximum Gasteiger partial charge on any atom is 0.119 e. The van der Waals surface area contributed by atoms with Crippen LogP contribution in [0.15, 0.2) is 35.4 Å². The van der Waals surface area contributed by atoms with Gasteiger partial charge in [0.15, 0.2) is 0 Å². The van der Waals surface area contributed by atoms with E-state index in [1.807, 2.05) is 6.07 Å². The van der Waals surface area contributed by atoms with E-state index in [1.54, 1.807) is 18.3 Å². The van der Waals surface area contributed by atoms with Crippen molar-refractivity contribution < 1.29 is 4.74 Å². The van der Waals surface area contributed by atoms with E-state index in [9.17, 15) is 0 Å². The first-order valence-electron chi connectivity index (χ1n) is 8.94. The Bertz CT molecular complexity index is 573. The Kier molecular flexibility index (Phi) is 3.96. The lowest BCUT2D eigenvalue weighted by Crippen LogP contribution is -2.40. The molecule has 0 spiro atoms. The zero-order valence-corrected chi connectivity index (χ0v) is 13.6. The molecule has 4 rings (SSSR count). The van der Waals surface area contributed by atoms with Crippen LogP contribution in [0.5, 0.6) is 5.75 Å². The second-order valence-electron chi connectivity index (χ2n) is 7.27. The number of methoxy groups -OCH3 is 1. The largest absolute Gasteiger partial charge is 0.497 e. The van der Waals surface area contributed by atoms with Crippen molar-refractivity contribution >= 4 is 0 Å². The van der Waals surface area contributed by atoms with Crippen LogP contribution in [0.3, 0.4) is 0 Å². The zero-order chi connectivity index (χ0) is 14.9. The van der Waals surface area contributed by atoms with Gasteiger partial charge in [-0.05, 0) is 62.1 Å². The van der Waals surface area contributed by atoms with Gasteiger partial charge in [-0.15, -0.1) is 0 Å². The standard InChI is InChI=1S/C20H27NO/c1-22-17-7-4-6-16(12-17)19-13-15-5-2-3-8-18(15)20(21-19)11-14-9-10-14/h4,6-7,12,14,19-21H,2-3,5,8-11,13H2,1H3/t19-,20?/m0/s1. The van der Waals surface area contributed by atoms with Crippen molar-refractivity contribution in [3.63, 3.8) is 0 Å². The average molecular weight is 297 g/mol. The molecule has 2 heteroatoms. The van der Waals surface area contributed by atoms with Crippen LogP contribution in [-0.2, 0) is 0 Å². The van der Waals surface area contributed by atoms with Gasteiger partial charge in [0, 0.05) is 12.1 Å². The minimum Gasteiger partial charge on any atom is -0.497 e. The molecule has 1 saturated carbocycles. The Morgan fingerprint density at radius 2 is 2.05 bits per heavy atom. The van der Waals surface area contributed by atoms with Crippen molar-refractivity contribution in [1.29, 1.82) is 0 Å². The molecule has 1 aromatic rings. The van der Waals surface area contributed by atoms with E-state index in [1.165, 1.54) is 56.9 Å². The Morgan fingerprint density at radius 1 is 1.18 bits per heavy atom. The molecule has 0 radical (unpaired) electrons. The molecule has 0 amide bonds. The fourth-order valence-corrected chi connectivity index (χ4v) is 4.26. The lowest BCUT2D eigenvalue weighted by molar-refractivity contribution is 0.373. The molecule has 118 valence electrons. The first-order chi connectivity index (χ1) is 10.8. The molecule has 1 aliphatic heterocycles. The molecule has 3 aliphatic rings. The van der Waals surface area contributed by atoms with Crippen molar-refractivity contribution in [3.8, 4) is 5.75 Å². The molecule has 22 heavy (non-hydrogen) atoms. The summed E-state index contributed by atoms with van der Waals surface area (Å²) in [4.78, 5) is 0. The predicted molar refractivity (Wildman–Crippen MR) is 90.1 cm³/mol. The topological polar surface area (TPSA) is 21.3 Å². The van der Waals surface area contributed by atoms with Gasteiger partial charge in [-0.25, -0.2) is 0 Å². The highest BCUT2D eigenvalue weighted by Gasteiger charge is 2.34. The fraction of sp³-hybridized carbons (Fsp3) is 0.600. The van der Waals surface area contributed by atoms with E-state index in [4.69, 9.17) is 4.74 Å². The second kappa shape index (κ2) is 6.08. The summed E-state index contributed by atoms with van der Waals surface area (Å²) in [6, 6.07) is 9.72. The lowest BCUT2D eigenvalue weighted by Gasteiger charge is -2.38. The van der Waals surface area contributed by atoms with Crippen molar-refractivity contribution in [3.05, 3.63) is 41.0 Å². The summed E-state index contributed by atoms with van der Waals surface area (Å²) in [6.07, 6.45) is 10.9. The van der Waals surface area contributed by atoms with Gasteiger partial charge in [0.1, 0.15) is 5.75 Å². The van der Waals surface area contributed by atoms with E-state index in [0.717, 1.165) is 11.7 Å². The lowest BCUT2D eigenvalue weighted by atomic mass is 9.78. The van der Waals surface area contributed by atoms with Gasteiger partial charge in [0.2, 0.25) is 0 Å². The third-order valence-corrected chi connectivity index (χ3v) is 5.66. The van der Waals surface area contributed by atoms with Gasteiger partial charge in [-0.2, -0.15) is 0 Å². The molecule has 0 saturated heterocycles. The Labute approximate surface area is 133 Å². The second-order valence-corrected chi connectivity index (χ2v) is 7.27. The van der Waals surface area contributed by atoms with Crippen LogP contribution >= 0.6 is 0 Å². The van der Waals surface area contributed by atoms with Crippen molar-refractivity contribution in [2.45, 2.75) is 63.5 Å². The van der Waals surface area contributed by atoms with Crippen LogP contribution in [-0.4, -0.2) is 13.2 Å². The molecular weight excluding hydrogens is 270 g/mol. The highest BCUT2D eigenvalue weighted by atomic mass is 16.5. The SMILES string of the molecule is COc1cccc([C@@H]2CC3=C(CCCC3)C(CC3CC3)N2)c1. The van der Waals surface area contributed by atoms with E-state index in [-0.39, 0.29) is 0 Å². The van der Waals surface area contributed by atoms with E-state index in [2.05, 4.69) is 23.5 Å². The Morgan fingerprint density at radius 3 is 2.86 bits per heavy atom.